The van der Waals surface area contributed by atoms with E-state index in [2.05, 4.69) is 0 Å². The number of aliphatic carboxylic acids is 1. The molecule has 80 valence electrons. The van der Waals surface area contributed by atoms with E-state index in [0.717, 1.165) is 0 Å². The zero-order chi connectivity index (χ0) is 11.6. The van der Waals surface area contributed by atoms with Crippen LogP contribution in [0.1, 0.15) is 22.0 Å². The minimum Gasteiger partial charge on any atom is -0.480 e. The molecule has 0 saturated heterocycles. The standard InChI is InChI=1S/C9H8ClNO4/c10-4-1-2-5(7(11)9(14)15)6(3-4)8(12)13/h1-3,7H,11H2,(H,12,13)(H,14,15)/t7-/m0/s1. The number of rotatable bonds is 3. The van der Waals surface area contributed by atoms with Crippen LogP contribution in [0.15, 0.2) is 18.2 Å². The van der Waals surface area contributed by atoms with E-state index in [0.29, 0.717) is 0 Å². The molecular formula is C9H8ClNO4. The Balaban J connectivity index is 3.28. The lowest BCUT2D eigenvalue weighted by molar-refractivity contribution is -0.138. The summed E-state index contributed by atoms with van der Waals surface area (Å²) >= 11 is 5.59. The van der Waals surface area contributed by atoms with Crippen LogP contribution >= 0.6 is 11.6 Å². The highest BCUT2D eigenvalue weighted by Gasteiger charge is 2.21. The molecule has 0 aromatic heterocycles. The number of benzene rings is 1. The van der Waals surface area contributed by atoms with Crippen molar-refractivity contribution in [2.45, 2.75) is 6.04 Å². The summed E-state index contributed by atoms with van der Waals surface area (Å²) in [5.74, 6) is -2.55. The molecule has 0 radical (unpaired) electrons. The molecule has 0 aliphatic heterocycles. The van der Waals surface area contributed by atoms with Crippen LogP contribution in [0.4, 0.5) is 0 Å². The van der Waals surface area contributed by atoms with Gasteiger partial charge in [0.1, 0.15) is 6.04 Å². The van der Waals surface area contributed by atoms with Crippen LogP contribution < -0.4 is 5.73 Å². The number of hydrogen-bond donors (Lipinski definition) is 3. The van der Waals surface area contributed by atoms with Gasteiger partial charge in [-0.15, -0.1) is 0 Å². The molecule has 0 unspecified atom stereocenters. The summed E-state index contributed by atoms with van der Waals surface area (Å²) in [7, 11) is 0. The number of nitrogens with two attached hydrogens (primary N) is 1. The Hall–Kier alpha value is -1.59. The Bertz CT molecular complexity index is 419. The third-order valence-electron chi connectivity index (χ3n) is 1.85. The summed E-state index contributed by atoms with van der Waals surface area (Å²) in [5, 5.41) is 17.7. The Morgan fingerprint density at radius 1 is 1.33 bits per heavy atom. The summed E-state index contributed by atoms with van der Waals surface area (Å²) in [6.07, 6.45) is 0. The summed E-state index contributed by atoms with van der Waals surface area (Å²) in [6.45, 7) is 0. The number of hydrogen-bond acceptors (Lipinski definition) is 3. The first-order chi connectivity index (χ1) is 6.93. The molecule has 0 aliphatic rings. The molecule has 0 amide bonds. The van der Waals surface area contributed by atoms with Gasteiger partial charge in [-0.1, -0.05) is 17.7 Å². The maximum atomic E-state index is 10.8. The van der Waals surface area contributed by atoms with Crippen LogP contribution in [0.5, 0.6) is 0 Å². The first-order valence-corrected chi connectivity index (χ1v) is 4.32. The van der Waals surface area contributed by atoms with Crippen molar-refractivity contribution in [2.75, 3.05) is 0 Å². The monoisotopic (exact) mass is 229 g/mol. The zero-order valence-electron chi connectivity index (χ0n) is 7.48. The SMILES string of the molecule is N[C@H](C(=O)O)c1ccc(Cl)cc1C(=O)O. The molecular weight excluding hydrogens is 222 g/mol. The first-order valence-electron chi connectivity index (χ1n) is 3.94. The number of carboxylic acid groups (broad SMARTS) is 2. The highest BCUT2D eigenvalue weighted by molar-refractivity contribution is 6.31. The fourth-order valence-corrected chi connectivity index (χ4v) is 1.29. The maximum Gasteiger partial charge on any atom is 0.336 e. The van der Waals surface area contributed by atoms with Crippen LogP contribution in [0.25, 0.3) is 0 Å². The maximum absolute atomic E-state index is 10.8. The van der Waals surface area contributed by atoms with Crippen molar-refractivity contribution in [1.29, 1.82) is 0 Å². The van der Waals surface area contributed by atoms with Gasteiger partial charge in [0.15, 0.2) is 0 Å². The van der Waals surface area contributed by atoms with Gasteiger partial charge in [0, 0.05) is 5.02 Å². The van der Waals surface area contributed by atoms with E-state index >= 15 is 0 Å². The van der Waals surface area contributed by atoms with Gasteiger partial charge in [0.25, 0.3) is 0 Å². The van der Waals surface area contributed by atoms with Crippen LogP contribution in [0.2, 0.25) is 5.02 Å². The molecule has 0 bridgehead atoms. The topological polar surface area (TPSA) is 101 Å². The third kappa shape index (κ3) is 2.45. The molecule has 0 heterocycles. The number of carbonyl (C=O) groups is 2. The summed E-state index contributed by atoms with van der Waals surface area (Å²) < 4.78 is 0. The Morgan fingerprint density at radius 3 is 2.40 bits per heavy atom. The van der Waals surface area contributed by atoms with Crippen molar-refractivity contribution in [3.05, 3.63) is 34.3 Å². The van der Waals surface area contributed by atoms with Crippen molar-refractivity contribution in [2.24, 2.45) is 5.73 Å². The largest absolute Gasteiger partial charge is 0.480 e. The average Bonchev–Trinajstić information content (AvgIpc) is 2.16. The van der Waals surface area contributed by atoms with E-state index < -0.39 is 18.0 Å². The molecule has 0 spiro atoms. The lowest BCUT2D eigenvalue weighted by atomic mass is 10.0. The molecule has 15 heavy (non-hydrogen) atoms. The van der Waals surface area contributed by atoms with Crippen LogP contribution in [-0.4, -0.2) is 22.2 Å². The van der Waals surface area contributed by atoms with E-state index in [1.54, 1.807) is 0 Å². The quantitative estimate of drug-likeness (QED) is 0.721. The number of halogens is 1. The first kappa shape index (κ1) is 11.5. The van der Waals surface area contributed by atoms with Gasteiger partial charge in [-0.05, 0) is 17.7 Å². The Morgan fingerprint density at radius 2 is 1.93 bits per heavy atom. The van der Waals surface area contributed by atoms with E-state index in [4.69, 9.17) is 27.5 Å². The zero-order valence-corrected chi connectivity index (χ0v) is 8.23. The van der Waals surface area contributed by atoms with Crippen LogP contribution in [-0.2, 0) is 4.79 Å². The van der Waals surface area contributed by atoms with E-state index in [9.17, 15) is 9.59 Å². The molecule has 1 atom stereocenters. The van der Waals surface area contributed by atoms with Gasteiger partial charge in [0.05, 0.1) is 5.56 Å². The predicted octanol–water partition coefficient (Wildman–Crippen LogP) is 1.12. The van der Waals surface area contributed by atoms with Crippen molar-refractivity contribution in [3.8, 4) is 0 Å². The van der Waals surface area contributed by atoms with E-state index in [1.807, 2.05) is 0 Å². The molecule has 0 aliphatic carbocycles. The fourth-order valence-electron chi connectivity index (χ4n) is 1.12. The fraction of sp³-hybridized carbons (Fsp3) is 0.111. The van der Waals surface area contributed by atoms with Gasteiger partial charge >= 0.3 is 11.9 Å². The molecule has 0 fully saturated rings. The lowest BCUT2D eigenvalue weighted by Crippen LogP contribution is -2.23. The van der Waals surface area contributed by atoms with E-state index in [1.165, 1.54) is 18.2 Å². The van der Waals surface area contributed by atoms with Crippen molar-refractivity contribution < 1.29 is 19.8 Å². The second kappa shape index (κ2) is 4.29. The van der Waals surface area contributed by atoms with Crippen LogP contribution in [0.3, 0.4) is 0 Å². The minimum atomic E-state index is -1.37. The molecule has 1 rings (SSSR count). The highest BCUT2D eigenvalue weighted by Crippen LogP contribution is 2.21. The van der Waals surface area contributed by atoms with Crippen LogP contribution in [0, 0.1) is 0 Å². The predicted molar refractivity (Wildman–Crippen MR) is 53.0 cm³/mol. The van der Waals surface area contributed by atoms with Gasteiger partial charge in [-0.25, -0.2) is 4.79 Å². The molecule has 1 aromatic rings. The van der Waals surface area contributed by atoms with Crippen molar-refractivity contribution >= 4 is 23.5 Å². The summed E-state index contributed by atoms with van der Waals surface area (Å²) in [5.41, 5.74) is 5.15. The third-order valence-corrected chi connectivity index (χ3v) is 2.08. The average molecular weight is 230 g/mol. The van der Waals surface area contributed by atoms with Gasteiger partial charge in [-0.3, -0.25) is 4.79 Å². The minimum absolute atomic E-state index is 0.0272. The molecule has 4 N–H and O–H groups in total. The Labute approximate surface area is 90.1 Å². The molecule has 0 saturated carbocycles. The molecule has 1 aromatic carbocycles. The van der Waals surface area contributed by atoms with Gasteiger partial charge < -0.3 is 15.9 Å². The molecule has 5 nitrogen and oxygen atoms in total. The van der Waals surface area contributed by atoms with Gasteiger partial charge in [-0.2, -0.15) is 0 Å². The van der Waals surface area contributed by atoms with E-state index in [-0.39, 0.29) is 16.1 Å². The summed E-state index contributed by atoms with van der Waals surface area (Å²) in [6, 6.07) is 2.49. The van der Waals surface area contributed by atoms with Gasteiger partial charge in [0.2, 0.25) is 0 Å². The van der Waals surface area contributed by atoms with Crippen molar-refractivity contribution in [1.82, 2.24) is 0 Å². The summed E-state index contributed by atoms with van der Waals surface area (Å²) in [4.78, 5) is 21.4. The second-order valence-corrected chi connectivity index (χ2v) is 3.29. The second-order valence-electron chi connectivity index (χ2n) is 2.85. The Kier molecular flexibility index (Phi) is 3.28. The molecule has 6 heteroatoms. The highest BCUT2D eigenvalue weighted by atomic mass is 35.5. The number of carboxylic acids is 2. The lowest BCUT2D eigenvalue weighted by Gasteiger charge is -2.10. The normalized spacial score (nSPS) is 12.1. The smallest absolute Gasteiger partial charge is 0.336 e. The van der Waals surface area contributed by atoms with Crippen molar-refractivity contribution in [3.63, 3.8) is 0 Å². The number of aromatic carboxylic acids is 1.